The van der Waals surface area contributed by atoms with Crippen molar-refractivity contribution in [1.29, 1.82) is 0 Å². The third-order valence-corrected chi connectivity index (χ3v) is 7.40. The van der Waals surface area contributed by atoms with Crippen molar-refractivity contribution in [3.63, 3.8) is 0 Å². The molecule has 3 rings (SSSR count). The highest BCUT2D eigenvalue weighted by molar-refractivity contribution is 7.91. The summed E-state index contributed by atoms with van der Waals surface area (Å²) >= 11 is 6.87. The summed E-state index contributed by atoms with van der Waals surface area (Å²) in [5, 5.41) is 4.29. The van der Waals surface area contributed by atoms with E-state index in [1.807, 2.05) is 0 Å². The number of hydrogen-bond acceptors (Lipinski definition) is 6. The average molecular weight is 393 g/mol. The fourth-order valence-electron chi connectivity index (χ4n) is 2.57. The van der Waals surface area contributed by atoms with Crippen molar-refractivity contribution in [2.45, 2.75) is 23.7 Å². The summed E-state index contributed by atoms with van der Waals surface area (Å²) in [5.74, 6) is 0.595. The lowest BCUT2D eigenvalue weighted by molar-refractivity contribution is 0.182. The van der Waals surface area contributed by atoms with E-state index in [0.29, 0.717) is 29.7 Å². The summed E-state index contributed by atoms with van der Waals surface area (Å²) in [7, 11) is -2.04. The third-order valence-electron chi connectivity index (χ3n) is 3.81. The SMILES string of the molecule is COCCn1nc2n(c1=O)CCN(S(=O)(=O)c1ccc(Cl)s1)CC2. The Kier molecular flexibility index (Phi) is 5.11. The molecule has 3 heterocycles. The second-order valence-corrected chi connectivity index (χ2v) is 9.16. The lowest BCUT2D eigenvalue weighted by Crippen LogP contribution is -2.35. The van der Waals surface area contributed by atoms with Gasteiger partial charge in [0.15, 0.2) is 0 Å². The first-order chi connectivity index (χ1) is 11.4. The number of hydrogen-bond donors (Lipinski definition) is 0. The molecule has 0 N–H and O–H groups in total. The highest BCUT2D eigenvalue weighted by Gasteiger charge is 2.29. The average Bonchev–Trinajstić information content (AvgIpc) is 3.03. The molecular formula is C13H17ClN4O4S2. The van der Waals surface area contributed by atoms with Crippen molar-refractivity contribution in [2.75, 3.05) is 26.8 Å². The molecule has 0 amide bonds. The van der Waals surface area contributed by atoms with E-state index in [9.17, 15) is 13.2 Å². The van der Waals surface area contributed by atoms with Gasteiger partial charge in [0.1, 0.15) is 10.0 Å². The Morgan fingerprint density at radius 1 is 1.33 bits per heavy atom. The Morgan fingerprint density at radius 3 is 2.79 bits per heavy atom. The Labute approximate surface area is 148 Å². The lowest BCUT2D eigenvalue weighted by Gasteiger charge is -2.18. The number of methoxy groups -OCH3 is 1. The van der Waals surface area contributed by atoms with Crippen LogP contribution in [0.25, 0.3) is 0 Å². The van der Waals surface area contributed by atoms with E-state index in [1.54, 1.807) is 13.2 Å². The van der Waals surface area contributed by atoms with Crippen LogP contribution in [0.4, 0.5) is 0 Å². The van der Waals surface area contributed by atoms with E-state index in [1.165, 1.54) is 19.6 Å². The number of sulfonamides is 1. The molecule has 1 aliphatic rings. The molecule has 0 saturated heterocycles. The summed E-state index contributed by atoms with van der Waals surface area (Å²) in [4.78, 5) is 12.3. The van der Waals surface area contributed by atoms with E-state index >= 15 is 0 Å². The van der Waals surface area contributed by atoms with Crippen LogP contribution >= 0.6 is 22.9 Å². The fraction of sp³-hybridized carbons (Fsp3) is 0.538. The van der Waals surface area contributed by atoms with Crippen LogP contribution in [0.2, 0.25) is 4.34 Å². The van der Waals surface area contributed by atoms with Gasteiger partial charge in [0.2, 0.25) is 0 Å². The monoisotopic (exact) mass is 392 g/mol. The van der Waals surface area contributed by atoms with Gasteiger partial charge in [-0.15, -0.1) is 11.3 Å². The smallest absolute Gasteiger partial charge is 0.346 e. The number of nitrogens with zero attached hydrogens (tertiary/aromatic N) is 4. The van der Waals surface area contributed by atoms with E-state index in [-0.39, 0.29) is 29.5 Å². The highest BCUT2D eigenvalue weighted by atomic mass is 35.5. The molecule has 2 aromatic heterocycles. The van der Waals surface area contributed by atoms with E-state index in [4.69, 9.17) is 16.3 Å². The largest absolute Gasteiger partial charge is 0.383 e. The van der Waals surface area contributed by atoms with Crippen molar-refractivity contribution in [1.82, 2.24) is 18.7 Å². The molecule has 0 atom stereocenters. The first kappa shape index (κ1) is 17.6. The summed E-state index contributed by atoms with van der Waals surface area (Å²) in [5.41, 5.74) is -0.236. The highest BCUT2D eigenvalue weighted by Crippen LogP contribution is 2.28. The fourth-order valence-corrected chi connectivity index (χ4v) is 5.64. The normalized spacial score (nSPS) is 16.1. The molecule has 0 unspecified atom stereocenters. The van der Waals surface area contributed by atoms with Crippen LogP contribution in [0.5, 0.6) is 0 Å². The number of fused-ring (bicyclic) bond motifs is 1. The van der Waals surface area contributed by atoms with Gasteiger partial charge in [-0.05, 0) is 12.1 Å². The third kappa shape index (κ3) is 3.29. The maximum atomic E-state index is 12.7. The Bertz CT molecular complexity index is 886. The van der Waals surface area contributed by atoms with Gasteiger partial charge >= 0.3 is 5.69 Å². The van der Waals surface area contributed by atoms with Gasteiger partial charge in [-0.2, -0.15) is 9.40 Å². The van der Waals surface area contributed by atoms with Gasteiger partial charge in [0.05, 0.1) is 17.5 Å². The standard InChI is InChI=1S/C13H17ClN4O4S2/c1-22-9-8-18-13(19)17-7-6-16(5-4-11(17)15-18)24(20,21)12-3-2-10(14)23-12/h2-3H,4-9H2,1H3. The molecule has 0 saturated carbocycles. The minimum absolute atomic E-state index is 0.213. The van der Waals surface area contributed by atoms with Gasteiger partial charge < -0.3 is 4.74 Å². The molecule has 1 aliphatic heterocycles. The summed E-state index contributed by atoms with van der Waals surface area (Å²) in [6, 6.07) is 3.07. The van der Waals surface area contributed by atoms with Crippen LogP contribution in [0.1, 0.15) is 5.82 Å². The zero-order valence-electron chi connectivity index (χ0n) is 13.0. The predicted octanol–water partition coefficient (Wildman–Crippen LogP) is 0.653. The Hall–Kier alpha value is -1.20. The predicted molar refractivity (Wildman–Crippen MR) is 90.2 cm³/mol. The second kappa shape index (κ2) is 6.96. The van der Waals surface area contributed by atoms with Crippen LogP contribution in [-0.4, -0.2) is 53.9 Å². The molecule has 0 aliphatic carbocycles. The molecule has 0 fully saturated rings. The van der Waals surface area contributed by atoms with Crippen molar-refractivity contribution in [2.24, 2.45) is 0 Å². The van der Waals surface area contributed by atoms with Crippen molar-refractivity contribution in [3.05, 3.63) is 32.8 Å². The zero-order valence-corrected chi connectivity index (χ0v) is 15.4. The second-order valence-electron chi connectivity index (χ2n) is 5.28. The summed E-state index contributed by atoms with van der Waals surface area (Å²) in [6.45, 7) is 1.56. The molecular weight excluding hydrogens is 376 g/mol. The first-order valence-electron chi connectivity index (χ1n) is 7.34. The van der Waals surface area contributed by atoms with Gasteiger partial charge in [0, 0.05) is 33.2 Å². The maximum Gasteiger partial charge on any atom is 0.346 e. The number of halogens is 1. The van der Waals surface area contributed by atoms with E-state index in [0.717, 1.165) is 11.3 Å². The molecule has 0 radical (unpaired) electrons. The molecule has 11 heteroatoms. The first-order valence-corrected chi connectivity index (χ1v) is 9.98. The molecule has 0 bridgehead atoms. The molecule has 2 aromatic rings. The molecule has 132 valence electrons. The van der Waals surface area contributed by atoms with Gasteiger partial charge in [-0.25, -0.2) is 17.9 Å². The van der Waals surface area contributed by atoms with Gasteiger partial charge in [-0.3, -0.25) is 4.57 Å². The lowest BCUT2D eigenvalue weighted by atomic mass is 10.4. The van der Waals surface area contributed by atoms with Crippen LogP contribution in [0.15, 0.2) is 21.1 Å². The number of ether oxygens (including phenoxy) is 1. The Balaban J connectivity index is 1.80. The number of aromatic nitrogens is 3. The number of thiophene rings is 1. The summed E-state index contributed by atoms with van der Waals surface area (Å²) < 4.78 is 35.2. The number of rotatable bonds is 5. The summed E-state index contributed by atoms with van der Waals surface area (Å²) in [6.07, 6.45) is 0.382. The molecule has 0 spiro atoms. The minimum atomic E-state index is -3.60. The topological polar surface area (TPSA) is 86.4 Å². The maximum absolute atomic E-state index is 12.7. The quantitative estimate of drug-likeness (QED) is 0.745. The molecule has 0 aromatic carbocycles. The Morgan fingerprint density at radius 2 is 2.12 bits per heavy atom. The minimum Gasteiger partial charge on any atom is -0.383 e. The van der Waals surface area contributed by atoms with E-state index < -0.39 is 10.0 Å². The zero-order chi connectivity index (χ0) is 17.3. The molecule has 24 heavy (non-hydrogen) atoms. The van der Waals surface area contributed by atoms with Crippen LogP contribution in [0.3, 0.4) is 0 Å². The van der Waals surface area contributed by atoms with Crippen molar-refractivity contribution >= 4 is 33.0 Å². The van der Waals surface area contributed by atoms with Crippen LogP contribution in [0, 0.1) is 0 Å². The van der Waals surface area contributed by atoms with Crippen LogP contribution in [-0.2, 0) is 34.3 Å². The molecule has 8 nitrogen and oxygen atoms in total. The van der Waals surface area contributed by atoms with Gasteiger partial charge in [-0.1, -0.05) is 11.6 Å². The van der Waals surface area contributed by atoms with Crippen molar-refractivity contribution in [3.8, 4) is 0 Å². The van der Waals surface area contributed by atoms with Gasteiger partial charge in [0.25, 0.3) is 10.0 Å². The van der Waals surface area contributed by atoms with Crippen LogP contribution < -0.4 is 5.69 Å². The van der Waals surface area contributed by atoms with Crippen molar-refractivity contribution < 1.29 is 13.2 Å². The van der Waals surface area contributed by atoms with E-state index in [2.05, 4.69) is 5.10 Å².